The van der Waals surface area contributed by atoms with Gasteiger partial charge in [-0.25, -0.2) is 0 Å². The quantitative estimate of drug-likeness (QED) is 0.417. The molecule has 0 aromatic heterocycles. The molecule has 2 aliphatic carbocycles. The van der Waals surface area contributed by atoms with Crippen molar-refractivity contribution in [1.29, 1.82) is 10.8 Å². The lowest BCUT2D eigenvalue weighted by Crippen LogP contribution is -2.44. The van der Waals surface area contributed by atoms with E-state index in [0.717, 1.165) is 30.4 Å². The Labute approximate surface area is 218 Å². The van der Waals surface area contributed by atoms with Crippen LogP contribution in [0.5, 0.6) is 0 Å². The largest absolute Gasteiger partial charge is 0.371 e. The van der Waals surface area contributed by atoms with E-state index in [1.807, 2.05) is 0 Å². The van der Waals surface area contributed by atoms with Crippen LogP contribution in [0.4, 0.5) is 5.69 Å². The molecule has 1 aromatic rings. The van der Waals surface area contributed by atoms with E-state index in [1.54, 1.807) is 5.57 Å². The summed E-state index contributed by atoms with van der Waals surface area (Å²) in [6, 6.07) is 4.89. The van der Waals surface area contributed by atoms with Crippen LogP contribution in [0.1, 0.15) is 96.3 Å². The van der Waals surface area contributed by atoms with E-state index >= 15 is 0 Å². The first-order valence-electron chi connectivity index (χ1n) is 13.9. The molecule has 0 saturated heterocycles. The second-order valence-electron chi connectivity index (χ2n) is 12.7. The first-order chi connectivity index (χ1) is 17.1. The molecule has 2 aliphatic heterocycles. The Bertz CT molecular complexity index is 1170. The Kier molecular flexibility index (Phi) is 6.47. The van der Waals surface area contributed by atoms with Gasteiger partial charge in [0.2, 0.25) is 0 Å². The van der Waals surface area contributed by atoms with Gasteiger partial charge in [-0.05, 0) is 107 Å². The van der Waals surface area contributed by atoms with Crippen LogP contribution in [0, 0.1) is 16.7 Å². The topological polar surface area (TPSA) is 50.9 Å². The summed E-state index contributed by atoms with van der Waals surface area (Å²) >= 11 is 0. The van der Waals surface area contributed by atoms with Crippen LogP contribution >= 0.6 is 0 Å². The van der Waals surface area contributed by atoms with E-state index in [0.29, 0.717) is 5.92 Å². The fourth-order valence-electron chi connectivity index (χ4n) is 6.89. The van der Waals surface area contributed by atoms with Gasteiger partial charge < -0.3 is 15.7 Å². The first-order valence-corrected chi connectivity index (χ1v) is 13.9. The Morgan fingerprint density at radius 2 is 1.56 bits per heavy atom. The van der Waals surface area contributed by atoms with E-state index in [-0.39, 0.29) is 10.8 Å². The molecule has 190 valence electrons. The molecule has 2 heterocycles. The molecule has 0 radical (unpaired) electrons. The lowest BCUT2D eigenvalue weighted by atomic mass is 9.69. The number of nitrogens with zero attached hydrogens (tertiary/aromatic N) is 1. The van der Waals surface area contributed by atoms with Crippen molar-refractivity contribution in [3.63, 3.8) is 0 Å². The van der Waals surface area contributed by atoms with E-state index in [2.05, 4.69) is 69.9 Å². The van der Waals surface area contributed by atoms with E-state index in [9.17, 15) is 0 Å². The third-order valence-corrected chi connectivity index (χ3v) is 9.42. The summed E-state index contributed by atoms with van der Waals surface area (Å²) in [6.45, 7) is 14.3. The minimum absolute atomic E-state index is 0.192. The molecular formula is C33H43N3. The first kappa shape index (κ1) is 25.0. The SMILES string of the molecule is CC1CCCC2=C1CCC(/C=C/c1cc3c4c(c1)C(C)(C)CCN4CCC3(C)C)=CC2=C(C=N)C=N. The molecule has 0 spiro atoms. The molecule has 2 N–H and O–H groups in total. The van der Waals surface area contributed by atoms with Crippen molar-refractivity contribution < 1.29 is 0 Å². The maximum absolute atomic E-state index is 7.95. The zero-order valence-corrected chi connectivity index (χ0v) is 22.9. The van der Waals surface area contributed by atoms with Crippen LogP contribution in [0.3, 0.4) is 0 Å². The van der Waals surface area contributed by atoms with Gasteiger partial charge in [-0.1, -0.05) is 58.4 Å². The summed E-state index contributed by atoms with van der Waals surface area (Å²) in [7, 11) is 0. The molecule has 5 rings (SSSR count). The highest BCUT2D eigenvalue weighted by atomic mass is 15.2. The second-order valence-corrected chi connectivity index (χ2v) is 12.7. The lowest BCUT2D eigenvalue weighted by Gasteiger charge is -2.48. The van der Waals surface area contributed by atoms with E-state index in [4.69, 9.17) is 10.8 Å². The zero-order chi connectivity index (χ0) is 25.7. The summed E-state index contributed by atoms with van der Waals surface area (Å²) < 4.78 is 0. The predicted octanol–water partition coefficient (Wildman–Crippen LogP) is 8.30. The third-order valence-electron chi connectivity index (χ3n) is 9.42. The Morgan fingerprint density at radius 3 is 2.17 bits per heavy atom. The molecule has 36 heavy (non-hydrogen) atoms. The zero-order valence-electron chi connectivity index (χ0n) is 22.9. The Hall–Kier alpha value is -2.68. The fraction of sp³-hybridized carbons (Fsp3) is 0.515. The summed E-state index contributed by atoms with van der Waals surface area (Å²) in [4.78, 5) is 2.63. The van der Waals surface area contributed by atoms with Crippen molar-refractivity contribution in [2.75, 3.05) is 18.0 Å². The van der Waals surface area contributed by atoms with Gasteiger partial charge in [0, 0.05) is 36.8 Å². The lowest BCUT2D eigenvalue weighted by molar-refractivity contribution is 0.401. The molecule has 3 heteroatoms. The molecule has 4 aliphatic rings. The smallest absolute Gasteiger partial charge is 0.0442 e. The molecule has 0 fully saturated rings. The molecule has 0 bridgehead atoms. The standard InChI is InChI=1S/C33H43N3/c1-22-7-6-8-27-26(22)12-11-23(17-28(27)25(20-34)21-35)9-10-24-18-29-31-30(19-24)33(4,5)14-16-36(31)15-13-32(29,2)3/h9-10,17-22,34-35H,6-8,11-16H2,1-5H3/b10-9+,28-25?,34-20?,35-21?. The van der Waals surface area contributed by atoms with Crippen LogP contribution < -0.4 is 4.90 Å². The van der Waals surface area contributed by atoms with Crippen LogP contribution in [-0.2, 0) is 10.8 Å². The predicted molar refractivity (Wildman–Crippen MR) is 155 cm³/mol. The monoisotopic (exact) mass is 481 g/mol. The minimum Gasteiger partial charge on any atom is -0.371 e. The molecule has 1 unspecified atom stereocenters. The van der Waals surface area contributed by atoms with Crippen molar-refractivity contribution in [3.8, 4) is 0 Å². The number of allylic oxidation sites excluding steroid dienone is 7. The molecular weight excluding hydrogens is 438 g/mol. The summed E-state index contributed by atoms with van der Waals surface area (Å²) in [5.74, 6) is 0.597. The summed E-state index contributed by atoms with van der Waals surface area (Å²) in [5.41, 5.74) is 12.3. The van der Waals surface area contributed by atoms with Gasteiger partial charge in [-0.3, -0.25) is 0 Å². The molecule has 1 atom stereocenters. The minimum atomic E-state index is 0.192. The van der Waals surface area contributed by atoms with Gasteiger partial charge in [0.1, 0.15) is 0 Å². The van der Waals surface area contributed by atoms with E-state index in [1.165, 1.54) is 84.7 Å². The van der Waals surface area contributed by atoms with E-state index < -0.39 is 0 Å². The maximum Gasteiger partial charge on any atom is 0.0442 e. The summed E-state index contributed by atoms with van der Waals surface area (Å²) in [6.07, 6.45) is 17.7. The second kappa shape index (κ2) is 9.32. The van der Waals surface area contributed by atoms with Gasteiger partial charge in [-0.2, -0.15) is 0 Å². The molecule has 1 aromatic carbocycles. The molecule has 0 amide bonds. The van der Waals surface area contributed by atoms with Crippen molar-refractivity contribution in [2.24, 2.45) is 5.92 Å². The highest BCUT2D eigenvalue weighted by Gasteiger charge is 2.39. The molecule has 0 saturated carbocycles. The number of hydrogen-bond donors (Lipinski definition) is 2. The number of benzene rings is 1. The van der Waals surface area contributed by atoms with Crippen LogP contribution in [-0.4, -0.2) is 25.5 Å². The van der Waals surface area contributed by atoms with Crippen LogP contribution in [0.2, 0.25) is 0 Å². The van der Waals surface area contributed by atoms with Gasteiger partial charge >= 0.3 is 0 Å². The summed E-state index contributed by atoms with van der Waals surface area (Å²) in [5, 5.41) is 15.9. The maximum atomic E-state index is 7.95. The van der Waals surface area contributed by atoms with Gasteiger partial charge in [0.15, 0.2) is 0 Å². The van der Waals surface area contributed by atoms with Gasteiger partial charge in [-0.15, -0.1) is 0 Å². The highest BCUT2D eigenvalue weighted by Crippen LogP contribution is 2.49. The van der Waals surface area contributed by atoms with Crippen molar-refractivity contribution >= 4 is 24.2 Å². The number of nitrogens with one attached hydrogen (secondary N) is 2. The highest BCUT2D eigenvalue weighted by molar-refractivity contribution is 6.04. The average Bonchev–Trinajstić information content (AvgIpc) is 3.03. The van der Waals surface area contributed by atoms with Gasteiger partial charge in [0.25, 0.3) is 0 Å². The number of anilines is 1. The Morgan fingerprint density at radius 1 is 0.917 bits per heavy atom. The van der Waals surface area contributed by atoms with Crippen LogP contribution in [0.15, 0.2) is 52.2 Å². The van der Waals surface area contributed by atoms with Crippen molar-refractivity contribution in [3.05, 3.63) is 68.8 Å². The molecule has 3 nitrogen and oxygen atoms in total. The van der Waals surface area contributed by atoms with Crippen molar-refractivity contribution in [2.45, 2.75) is 90.4 Å². The van der Waals surface area contributed by atoms with Crippen LogP contribution in [0.25, 0.3) is 6.08 Å². The number of hydrogen-bond acceptors (Lipinski definition) is 3. The third kappa shape index (κ3) is 4.35. The average molecular weight is 482 g/mol. The number of rotatable bonds is 4. The fourth-order valence-corrected chi connectivity index (χ4v) is 6.89. The van der Waals surface area contributed by atoms with Gasteiger partial charge in [0.05, 0.1) is 0 Å². The normalized spacial score (nSPS) is 24.6. The Balaban J connectivity index is 1.56. The van der Waals surface area contributed by atoms with Crippen molar-refractivity contribution in [1.82, 2.24) is 0 Å².